The van der Waals surface area contributed by atoms with Gasteiger partial charge >= 0.3 is 11.7 Å². The van der Waals surface area contributed by atoms with Crippen molar-refractivity contribution in [2.45, 2.75) is 13.1 Å². The number of aromatic carboxylic acids is 1. The number of fused-ring (bicyclic) bond motifs is 1. The number of nitrogens with zero attached hydrogens (tertiary/aromatic N) is 3. The van der Waals surface area contributed by atoms with Crippen LogP contribution in [0.5, 0.6) is 0 Å². The molecule has 0 radical (unpaired) electrons. The summed E-state index contributed by atoms with van der Waals surface area (Å²) in [7, 11) is 3.15. The number of imidazole rings is 1. The highest BCUT2D eigenvalue weighted by Gasteiger charge is 2.18. The van der Waals surface area contributed by atoms with Gasteiger partial charge in [0.25, 0.3) is 0 Å². The number of carbonyl (C=O) groups is 2. The fourth-order valence-corrected chi connectivity index (χ4v) is 2.81. The quantitative estimate of drug-likeness (QED) is 0.741. The van der Waals surface area contributed by atoms with E-state index in [1.807, 2.05) is 0 Å². The van der Waals surface area contributed by atoms with Gasteiger partial charge < -0.3 is 10.0 Å². The second kappa shape index (κ2) is 7.06. The van der Waals surface area contributed by atoms with Crippen molar-refractivity contribution in [2.75, 3.05) is 14.1 Å². The molecule has 1 aromatic heterocycles. The Bertz CT molecular complexity index is 1080. The third-order valence-electron chi connectivity index (χ3n) is 4.31. The lowest BCUT2D eigenvalue weighted by molar-refractivity contribution is -0.129. The molecule has 0 atom stereocenters. The Morgan fingerprint density at radius 1 is 1.04 bits per heavy atom. The highest BCUT2D eigenvalue weighted by Crippen LogP contribution is 2.18. The molecular weight excluding hydrogens is 353 g/mol. The number of hydrogen-bond donors (Lipinski definition) is 1. The fraction of sp³-hybridized carbons (Fsp3) is 0.211. The number of carboxylic acid groups (broad SMARTS) is 1. The summed E-state index contributed by atoms with van der Waals surface area (Å²) in [6, 6.07) is 10.1. The van der Waals surface area contributed by atoms with Gasteiger partial charge in [0.2, 0.25) is 5.91 Å². The Balaban J connectivity index is 2.16. The molecule has 0 aliphatic heterocycles. The summed E-state index contributed by atoms with van der Waals surface area (Å²) in [5.41, 5.74) is 1.15. The van der Waals surface area contributed by atoms with Crippen LogP contribution in [0, 0.1) is 5.82 Å². The predicted octanol–water partition coefficient (Wildman–Crippen LogP) is 1.78. The van der Waals surface area contributed by atoms with Crippen LogP contribution in [0.1, 0.15) is 15.9 Å². The molecule has 0 aliphatic rings. The Kier molecular flexibility index (Phi) is 4.81. The number of benzene rings is 2. The van der Waals surface area contributed by atoms with Gasteiger partial charge in [-0.15, -0.1) is 0 Å². The zero-order valence-electron chi connectivity index (χ0n) is 14.8. The van der Waals surface area contributed by atoms with Crippen molar-refractivity contribution >= 4 is 22.9 Å². The molecule has 0 saturated carbocycles. The molecule has 1 amide bonds. The van der Waals surface area contributed by atoms with Crippen molar-refractivity contribution in [2.24, 2.45) is 0 Å². The number of amides is 1. The van der Waals surface area contributed by atoms with E-state index < -0.39 is 11.7 Å². The molecule has 3 rings (SSSR count). The van der Waals surface area contributed by atoms with Crippen LogP contribution < -0.4 is 5.69 Å². The van der Waals surface area contributed by atoms with Crippen LogP contribution >= 0.6 is 0 Å². The van der Waals surface area contributed by atoms with Crippen molar-refractivity contribution < 1.29 is 19.1 Å². The number of halogens is 1. The second-order valence-corrected chi connectivity index (χ2v) is 6.38. The minimum atomic E-state index is -1.12. The van der Waals surface area contributed by atoms with Gasteiger partial charge in [-0.25, -0.2) is 14.0 Å². The Morgan fingerprint density at radius 2 is 1.70 bits per heavy atom. The largest absolute Gasteiger partial charge is 0.478 e. The van der Waals surface area contributed by atoms with E-state index in [2.05, 4.69) is 0 Å². The van der Waals surface area contributed by atoms with E-state index >= 15 is 0 Å². The minimum Gasteiger partial charge on any atom is -0.478 e. The SMILES string of the molecule is CN(C)C(=O)Cn1c(=O)n(Cc2ccc(F)cc2)c2ccc(C(=O)O)cc21. The van der Waals surface area contributed by atoms with Crippen LogP contribution in [0.25, 0.3) is 11.0 Å². The third-order valence-corrected chi connectivity index (χ3v) is 4.31. The van der Waals surface area contributed by atoms with E-state index in [4.69, 9.17) is 0 Å². The molecule has 140 valence electrons. The van der Waals surface area contributed by atoms with Crippen LogP contribution in [-0.2, 0) is 17.9 Å². The molecule has 0 spiro atoms. The van der Waals surface area contributed by atoms with Gasteiger partial charge in [0, 0.05) is 14.1 Å². The zero-order valence-corrected chi connectivity index (χ0v) is 14.8. The highest BCUT2D eigenvalue weighted by atomic mass is 19.1. The topological polar surface area (TPSA) is 84.5 Å². The van der Waals surface area contributed by atoms with Gasteiger partial charge in [0.1, 0.15) is 12.4 Å². The molecule has 0 fully saturated rings. The first kappa shape index (κ1) is 18.4. The monoisotopic (exact) mass is 371 g/mol. The highest BCUT2D eigenvalue weighted by molar-refractivity contribution is 5.93. The molecular formula is C19H18FN3O4. The van der Waals surface area contributed by atoms with Crippen molar-refractivity contribution in [1.29, 1.82) is 0 Å². The summed E-state index contributed by atoms with van der Waals surface area (Å²) in [4.78, 5) is 37.7. The molecule has 0 unspecified atom stereocenters. The lowest BCUT2D eigenvalue weighted by Gasteiger charge is -2.10. The molecule has 0 aliphatic carbocycles. The number of carboxylic acids is 1. The van der Waals surface area contributed by atoms with Crippen molar-refractivity contribution in [3.8, 4) is 0 Å². The minimum absolute atomic E-state index is 0.0208. The van der Waals surface area contributed by atoms with Gasteiger partial charge in [0.05, 0.1) is 23.1 Å². The molecule has 27 heavy (non-hydrogen) atoms. The van der Waals surface area contributed by atoms with E-state index in [0.29, 0.717) is 16.6 Å². The number of likely N-dealkylation sites (N-methyl/N-ethyl adjacent to an activating group) is 1. The lowest BCUT2D eigenvalue weighted by Crippen LogP contribution is -2.32. The zero-order chi connectivity index (χ0) is 19.7. The summed E-state index contributed by atoms with van der Waals surface area (Å²) < 4.78 is 15.8. The normalized spacial score (nSPS) is 10.9. The molecule has 1 heterocycles. The van der Waals surface area contributed by atoms with Gasteiger partial charge in [0.15, 0.2) is 0 Å². The molecule has 0 bridgehead atoms. The summed E-state index contributed by atoms with van der Waals surface area (Å²) in [6.07, 6.45) is 0. The molecule has 2 aromatic carbocycles. The van der Waals surface area contributed by atoms with Gasteiger partial charge in [-0.2, -0.15) is 0 Å². The maximum atomic E-state index is 13.1. The van der Waals surface area contributed by atoms with Crippen LogP contribution in [0.4, 0.5) is 4.39 Å². The summed E-state index contributed by atoms with van der Waals surface area (Å²) in [5.74, 6) is -1.80. The first-order chi connectivity index (χ1) is 12.8. The Labute approximate surface area is 153 Å². The Hall–Kier alpha value is -3.42. The maximum absolute atomic E-state index is 13.1. The predicted molar refractivity (Wildman–Crippen MR) is 97.4 cm³/mol. The average Bonchev–Trinajstić information content (AvgIpc) is 2.88. The van der Waals surface area contributed by atoms with Gasteiger partial charge in [-0.3, -0.25) is 13.9 Å². The Morgan fingerprint density at radius 3 is 2.30 bits per heavy atom. The van der Waals surface area contributed by atoms with Gasteiger partial charge in [-0.05, 0) is 35.9 Å². The van der Waals surface area contributed by atoms with E-state index in [9.17, 15) is 23.9 Å². The van der Waals surface area contributed by atoms with Crippen molar-refractivity contribution in [3.63, 3.8) is 0 Å². The molecule has 0 saturated heterocycles. The van der Waals surface area contributed by atoms with E-state index in [1.54, 1.807) is 32.3 Å². The van der Waals surface area contributed by atoms with E-state index in [0.717, 1.165) is 0 Å². The third kappa shape index (κ3) is 3.59. The van der Waals surface area contributed by atoms with Crippen LogP contribution in [-0.4, -0.2) is 45.1 Å². The lowest BCUT2D eigenvalue weighted by atomic mass is 10.2. The van der Waals surface area contributed by atoms with E-state index in [1.165, 1.54) is 38.3 Å². The first-order valence-corrected chi connectivity index (χ1v) is 8.19. The molecule has 8 heteroatoms. The molecule has 7 nitrogen and oxygen atoms in total. The van der Waals surface area contributed by atoms with Crippen LogP contribution in [0.2, 0.25) is 0 Å². The number of rotatable bonds is 5. The average molecular weight is 371 g/mol. The van der Waals surface area contributed by atoms with E-state index in [-0.39, 0.29) is 30.4 Å². The first-order valence-electron chi connectivity index (χ1n) is 8.19. The van der Waals surface area contributed by atoms with Crippen LogP contribution in [0.3, 0.4) is 0 Å². The summed E-state index contributed by atoms with van der Waals surface area (Å²) in [6.45, 7) is -0.0347. The molecule has 1 N–H and O–H groups in total. The number of aromatic nitrogens is 2. The van der Waals surface area contributed by atoms with Crippen molar-refractivity contribution in [3.05, 3.63) is 69.9 Å². The number of hydrogen-bond acceptors (Lipinski definition) is 3. The second-order valence-electron chi connectivity index (χ2n) is 6.38. The van der Waals surface area contributed by atoms with Gasteiger partial charge in [-0.1, -0.05) is 12.1 Å². The number of carbonyl (C=O) groups excluding carboxylic acids is 1. The summed E-state index contributed by atoms with van der Waals surface area (Å²) in [5, 5.41) is 9.24. The van der Waals surface area contributed by atoms with Crippen molar-refractivity contribution in [1.82, 2.24) is 14.0 Å². The van der Waals surface area contributed by atoms with Crippen LogP contribution in [0.15, 0.2) is 47.3 Å². The smallest absolute Gasteiger partial charge is 0.335 e. The summed E-state index contributed by atoms with van der Waals surface area (Å²) >= 11 is 0. The standard InChI is InChI=1S/C19H18FN3O4/c1-21(2)17(24)11-23-16-9-13(18(25)26)5-8-15(16)22(19(23)27)10-12-3-6-14(20)7-4-12/h3-9H,10-11H2,1-2H3,(H,25,26). The molecule has 3 aromatic rings. The fourth-order valence-electron chi connectivity index (χ4n) is 2.81. The maximum Gasteiger partial charge on any atom is 0.335 e.